The van der Waals surface area contributed by atoms with Crippen molar-refractivity contribution in [2.45, 2.75) is 32.4 Å². The lowest BCUT2D eigenvalue weighted by Gasteiger charge is -2.44. The van der Waals surface area contributed by atoms with Crippen molar-refractivity contribution in [3.05, 3.63) is 10.6 Å². The van der Waals surface area contributed by atoms with Crippen molar-refractivity contribution in [2.24, 2.45) is 5.92 Å². The van der Waals surface area contributed by atoms with E-state index in [9.17, 15) is 19.5 Å². The van der Waals surface area contributed by atoms with E-state index in [-0.39, 0.29) is 23.6 Å². The number of β-lactam (4-membered cyclic amide) rings is 1. The smallest absolute Gasteiger partial charge is 0.355 e. The maximum absolute atomic E-state index is 12.1. The Hall–Kier alpha value is -1.54. The van der Waals surface area contributed by atoms with Crippen LogP contribution < -0.4 is 5.32 Å². The van der Waals surface area contributed by atoms with Crippen molar-refractivity contribution < 1.29 is 24.2 Å². The molecule has 3 atom stereocenters. The van der Waals surface area contributed by atoms with Crippen molar-refractivity contribution in [1.82, 2.24) is 10.2 Å². The number of nitrogens with zero attached hydrogens (tertiary/aromatic N) is 1. The number of ether oxygens (including phenoxy) is 1. The van der Waals surface area contributed by atoms with Crippen molar-refractivity contribution in [3.63, 3.8) is 0 Å². The predicted molar refractivity (Wildman–Crippen MR) is 80.6 cm³/mol. The fraction of sp³-hybridized carbons (Fsp3) is 0.643. The minimum atomic E-state index is -0.739. The molecular weight excluding hydrogens is 308 g/mol. The highest BCUT2D eigenvalue weighted by atomic mass is 32.2. The number of amides is 2. The molecule has 122 valence electrons. The van der Waals surface area contributed by atoms with E-state index < -0.39 is 18.0 Å². The van der Waals surface area contributed by atoms with Gasteiger partial charge in [-0.3, -0.25) is 9.59 Å². The lowest BCUT2D eigenvalue weighted by molar-refractivity contribution is -0.161. The summed E-state index contributed by atoms with van der Waals surface area (Å²) in [6, 6.07) is -0.176. The van der Waals surface area contributed by atoms with Crippen LogP contribution in [0.2, 0.25) is 0 Å². The van der Waals surface area contributed by atoms with Crippen LogP contribution in [0.5, 0.6) is 0 Å². The van der Waals surface area contributed by atoms with Crippen molar-refractivity contribution in [3.8, 4) is 0 Å². The van der Waals surface area contributed by atoms with Gasteiger partial charge in [0, 0.05) is 30.5 Å². The number of methoxy groups -OCH3 is 1. The molecule has 1 saturated heterocycles. The van der Waals surface area contributed by atoms with Crippen LogP contribution in [-0.4, -0.2) is 59.3 Å². The number of carbonyl (C=O) groups is 3. The lowest BCUT2D eigenvalue weighted by atomic mass is 9.83. The van der Waals surface area contributed by atoms with E-state index in [2.05, 4.69) is 5.32 Å². The van der Waals surface area contributed by atoms with E-state index in [1.54, 1.807) is 6.92 Å². The van der Waals surface area contributed by atoms with Gasteiger partial charge in [-0.05, 0) is 6.92 Å². The largest absolute Gasteiger partial charge is 0.464 e. The average molecular weight is 328 g/mol. The van der Waals surface area contributed by atoms with Crippen LogP contribution in [0.1, 0.15) is 20.3 Å². The maximum atomic E-state index is 12.1. The summed E-state index contributed by atoms with van der Waals surface area (Å²) in [6.45, 7) is 3.51. The van der Waals surface area contributed by atoms with Gasteiger partial charge in [0.2, 0.25) is 11.8 Å². The second-order valence-electron chi connectivity index (χ2n) is 5.34. The molecule has 2 heterocycles. The fourth-order valence-corrected chi connectivity index (χ4v) is 3.91. The summed E-state index contributed by atoms with van der Waals surface area (Å²) in [5.74, 6) is -0.751. The summed E-state index contributed by atoms with van der Waals surface area (Å²) in [6.07, 6.45) is -0.201. The third-order valence-electron chi connectivity index (χ3n) is 3.82. The molecule has 3 unspecified atom stereocenters. The number of fused-ring (bicyclic) bond motifs is 1. The highest BCUT2D eigenvalue weighted by Gasteiger charge is 2.56. The summed E-state index contributed by atoms with van der Waals surface area (Å²) in [7, 11) is 1.28. The molecule has 2 aliphatic heterocycles. The molecule has 8 heteroatoms. The molecule has 0 aromatic rings. The van der Waals surface area contributed by atoms with Crippen LogP contribution in [0.4, 0.5) is 0 Å². The van der Waals surface area contributed by atoms with Crippen LogP contribution in [0, 0.1) is 5.92 Å². The zero-order chi connectivity index (χ0) is 16.4. The normalized spacial score (nSPS) is 24.7. The molecule has 1 fully saturated rings. The Labute approximate surface area is 133 Å². The maximum Gasteiger partial charge on any atom is 0.355 e. The van der Waals surface area contributed by atoms with Crippen molar-refractivity contribution in [2.75, 3.05) is 19.4 Å². The van der Waals surface area contributed by atoms with E-state index >= 15 is 0 Å². The van der Waals surface area contributed by atoms with E-state index in [0.29, 0.717) is 18.7 Å². The zero-order valence-corrected chi connectivity index (χ0v) is 13.6. The monoisotopic (exact) mass is 328 g/mol. The lowest BCUT2D eigenvalue weighted by Crippen LogP contribution is -2.61. The Balaban J connectivity index is 2.09. The van der Waals surface area contributed by atoms with Crippen molar-refractivity contribution in [1.29, 1.82) is 0 Å². The van der Waals surface area contributed by atoms with E-state index in [4.69, 9.17) is 4.74 Å². The molecular formula is C14H20N2O5S. The number of rotatable bonds is 6. The van der Waals surface area contributed by atoms with Crippen LogP contribution in [0.3, 0.4) is 0 Å². The molecule has 2 aliphatic rings. The molecule has 2 amide bonds. The van der Waals surface area contributed by atoms with Crippen LogP contribution in [0.25, 0.3) is 0 Å². The van der Waals surface area contributed by atoms with E-state index in [1.807, 2.05) is 0 Å². The quantitative estimate of drug-likeness (QED) is 0.400. The Morgan fingerprint density at radius 3 is 2.77 bits per heavy atom. The molecule has 0 bridgehead atoms. The summed E-state index contributed by atoms with van der Waals surface area (Å²) in [5, 5.41) is 12.4. The minimum absolute atomic E-state index is 0.109. The second kappa shape index (κ2) is 6.70. The molecule has 7 nitrogen and oxygen atoms in total. The van der Waals surface area contributed by atoms with Gasteiger partial charge in [0.1, 0.15) is 5.70 Å². The molecule has 0 aromatic heterocycles. The second-order valence-corrected chi connectivity index (χ2v) is 6.53. The van der Waals surface area contributed by atoms with Gasteiger partial charge in [-0.25, -0.2) is 4.79 Å². The molecule has 0 aromatic carbocycles. The Morgan fingerprint density at radius 1 is 1.55 bits per heavy atom. The molecule has 22 heavy (non-hydrogen) atoms. The zero-order valence-electron chi connectivity index (χ0n) is 12.8. The first-order valence-electron chi connectivity index (χ1n) is 7.08. The first-order chi connectivity index (χ1) is 10.4. The Bertz CT molecular complexity index is 531. The molecule has 0 saturated carbocycles. The van der Waals surface area contributed by atoms with Crippen LogP contribution in [0.15, 0.2) is 10.6 Å². The van der Waals surface area contributed by atoms with Crippen molar-refractivity contribution >= 4 is 29.5 Å². The summed E-state index contributed by atoms with van der Waals surface area (Å²) in [5.41, 5.74) is 0.280. The van der Waals surface area contributed by atoms with Gasteiger partial charge in [0.15, 0.2) is 0 Å². The van der Waals surface area contributed by atoms with Gasteiger partial charge in [0.25, 0.3) is 0 Å². The van der Waals surface area contributed by atoms with Gasteiger partial charge in [-0.15, -0.1) is 11.8 Å². The highest BCUT2D eigenvalue weighted by molar-refractivity contribution is 8.03. The fourth-order valence-electron chi connectivity index (χ4n) is 2.85. The first-order valence-corrected chi connectivity index (χ1v) is 8.06. The van der Waals surface area contributed by atoms with E-state index in [0.717, 1.165) is 4.91 Å². The topological polar surface area (TPSA) is 95.9 Å². The summed E-state index contributed by atoms with van der Waals surface area (Å²) >= 11 is 1.43. The summed E-state index contributed by atoms with van der Waals surface area (Å²) < 4.78 is 4.77. The minimum Gasteiger partial charge on any atom is -0.464 e. The number of aliphatic hydroxyl groups excluding tert-OH is 1. The molecule has 0 spiro atoms. The number of hydrogen-bond donors (Lipinski definition) is 2. The third-order valence-corrected chi connectivity index (χ3v) is 4.94. The molecule has 0 radical (unpaired) electrons. The first kappa shape index (κ1) is 16.8. The van der Waals surface area contributed by atoms with Gasteiger partial charge in [-0.1, -0.05) is 0 Å². The standard InChI is InChI=1S/C14H20N2O5S/c1-7(17)11-9-6-10(22-5-4-15-8(2)18)12(14(20)21-3)16(9)13(11)19/h7,9,11,17H,4-6H2,1-3H3,(H,15,18). The Morgan fingerprint density at radius 2 is 2.23 bits per heavy atom. The number of carbonyl (C=O) groups excluding carboxylic acids is 3. The number of aliphatic hydroxyl groups is 1. The number of esters is 1. The Kier molecular flexibility index (Phi) is 5.12. The number of nitrogens with one attached hydrogen (secondary N) is 1. The number of hydrogen-bond acceptors (Lipinski definition) is 6. The highest BCUT2D eigenvalue weighted by Crippen LogP contribution is 2.47. The van der Waals surface area contributed by atoms with Gasteiger partial charge < -0.3 is 20.1 Å². The summed E-state index contributed by atoms with van der Waals surface area (Å²) in [4.78, 5) is 37.2. The van der Waals surface area contributed by atoms with Gasteiger partial charge >= 0.3 is 5.97 Å². The molecule has 0 aliphatic carbocycles. The molecule has 2 N–H and O–H groups in total. The van der Waals surface area contributed by atoms with Crippen LogP contribution >= 0.6 is 11.8 Å². The van der Waals surface area contributed by atoms with Gasteiger partial charge in [0.05, 0.1) is 25.2 Å². The van der Waals surface area contributed by atoms with Crippen LogP contribution in [-0.2, 0) is 19.1 Å². The average Bonchev–Trinajstić information content (AvgIpc) is 2.76. The van der Waals surface area contributed by atoms with E-state index in [1.165, 1.54) is 30.7 Å². The predicted octanol–water partition coefficient (Wildman–Crippen LogP) is -0.148. The SMILES string of the molecule is COC(=O)C1=C(SCCNC(C)=O)CC2C(C(C)O)C(=O)N12. The third kappa shape index (κ3) is 2.98. The van der Waals surface area contributed by atoms with Gasteiger partial charge in [-0.2, -0.15) is 0 Å². The molecule has 2 rings (SSSR count). The number of thioether (sulfide) groups is 1.